The lowest BCUT2D eigenvalue weighted by Crippen LogP contribution is -2.38. The lowest BCUT2D eigenvalue weighted by Gasteiger charge is -2.31. The highest BCUT2D eigenvalue weighted by molar-refractivity contribution is 9.10. The Balaban J connectivity index is 2.22. The number of halogens is 1. The van der Waals surface area contributed by atoms with Gasteiger partial charge in [-0.15, -0.1) is 0 Å². The standard InChI is InChI=1S/C10H14BrNO/c11-8-6-9(13-7-8)10(12)4-2-1-3-5-10/h6-7H,1-5,12H2. The van der Waals surface area contributed by atoms with E-state index in [1.54, 1.807) is 6.26 Å². The molecule has 2 N–H and O–H groups in total. The Hall–Kier alpha value is -0.280. The van der Waals surface area contributed by atoms with Gasteiger partial charge in [0.1, 0.15) is 12.0 Å². The molecule has 13 heavy (non-hydrogen) atoms. The molecule has 3 heteroatoms. The van der Waals surface area contributed by atoms with E-state index in [2.05, 4.69) is 15.9 Å². The summed E-state index contributed by atoms with van der Waals surface area (Å²) < 4.78 is 6.42. The Bertz CT molecular complexity index is 289. The minimum absolute atomic E-state index is 0.204. The summed E-state index contributed by atoms with van der Waals surface area (Å²) in [6.07, 6.45) is 7.54. The molecule has 1 heterocycles. The van der Waals surface area contributed by atoms with Crippen LogP contribution in [0.25, 0.3) is 0 Å². The van der Waals surface area contributed by atoms with Crippen molar-refractivity contribution in [2.45, 2.75) is 37.6 Å². The first kappa shape index (κ1) is 9.28. The monoisotopic (exact) mass is 243 g/mol. The molecule has 0 saturated heterocycles. The highest BCUT2D eigenvalue weighted by Gasteiger charge is 2.32. The van der Waals surface area contributed by atoms with Gasteiger partial charge in [-0.1, -0.05) is 19.3 Å². The molecule has 1 aromatic heterocycles. The van der Waals surface area contributed by atoms with Crippen molar-refractivity contribution in [1.82, 2.24) is 0 Å². The molecule has 0 spiro atoms. The largest absolute Gasteiger partial charge is 0.466 e. The van der Waals surface area contributed by atoms with Gasteiger partial charge < -0.3 is 10.2 Å². The lowest BCUT2D eigenvalue weighted by molar-refractivity contribution is 0.252. The Morgan fingerprint density at radius 3 is 2.54 bits per heavy atom. The maximum atomic E-state index is 6.28. The number of hydrogen-bond donors (Lipinski definition) is 1. The van der Waals surface area contributed by atoms with Crippen LogP contribution in [0.15, 0.2) is 21.2 Å². The molecule has 0 bridgehead atoms. The Morgan fingerprint density at radius 2 is 2.00 bits per heavy atom. The summed E-state index contributed by atoms with van der Waals surface area (Å²) in [4.78, 5) is 0. The summed E-state index contributed by atoms with van der Waals surface area (Å²) in [6, 6.07) is 1.99. The average molecular weight is 244 g/mol. The van der Waals surface area contributed by atoms with Gasteiger partial charge in [-0.05, 0) is 34.8 Å². The molecule has 72 valence electrons. The van der Waals surface area contributed by atoms with E-state index in [4.69, 9.17) is 10.2 Å². The van der Waals surface area contributed by atoms with E-state index in [1.807, 2.05) is 6.07 Å². The summed E-state index contributed by atoms with van der Waals surface area (Å²) in [5.41, 5.74) is 6.08. The van der Waals surface area contributed by atoms with E-state index >= 15 is 0 Å². The number of furan rings is 1. The molecule has 2 rings (SSSR count). The zero-order chi connectivity index (χ0) is 9.31. The molecule has 0 aromatic carbocycles. The third-order valence-electron chi connectivity index (χ3n) is 2.80. The second kappa shape index (κ2) is 3.46. The predicted octanol–water partition coefficient (Wildman–Crippen LogP) is 3.16. The van der Waals surface area contributed by atoms with Gasteiger partial charge >= 0.3 is 0 Å². The normalized spacial score (nSPS) is 21.7. The predicted molar refractivity (Wildman–Crippen MR) is 55.4 cm³/mol. The Morgan fingerprint density at radius 1 is 1.31 bits per heavy atom. The van der Waals surface area contributed by atoms with E-state index in [1.165, 1.54) is 19.3 Å². The molecule has 1 aliphatic carbocycles. The van der Waals surface area contributed by atoms with Crippen LogP contribution in [0.3, 0.4) is 0 Å². The van der Waals surface area contributed by atoms with Crippen molar-refractivity contribution in [3.63, 3.8) is 0 Å². The van der Waals surface area contributed by atoms with Crippen LogP contribution < -0.4 is 5.73 Å². The summed E-state index contributed by atoms with van der Waals surface area (Å²) in [7, 11) is 0. The first-order valence-electron chi connectivity index (χ1n) is 4.74. The average Bonchev–Trinajstić information content (AvgIpc) is 2.54. The van der Waals surface area contributed by atoms with Crippen molar-refractivity contribution in [3.8, 4) is 0 Å². The number of hydrogen-bond acceptors (Lipinski definition) is 2. The molecule has 0 radical (unpaired) electrons. The van der Waals surface area contributed by atoms with Crippen molar-refractivity contribution in [2.24, 2.45) is 5.73 Å². The zero-order valence-corrected chi connectivity index (χ0v) is 9.14. The molecule has 0 unspecified atom stereocenters. The highest BCUT2D eigenvalue weighted by Crippen LogP contribution is 2.36. The fourth-order valence-electron chi connectivity index (χ4n) is 2.00. The van der Waals surface area contributed by atoms with Crippen molar-refractivity contribution in [2.75, 3.05) is 0 Å². The topological polar surface area (TPSA) is 39.2 Å². The van der Waals surface area contributed by atoms with Gasteiger partial charge in [0.15, 0.2) is 0 Å². The smallest absolute Gasteiger partial charge is 0.124 e. The zero-order valence-electron chi connectivity index (χ0n) is 7.55. The van der Waals surface area contributed by atoms with Gasteiger partial charge in [-0.2, -0.15) is 0 Å². The molecular weight excluding hydrogens is 230 g/mol. The summed E-state index contributed by atoms with van der Waals surface area (Å²) in [5, 5.41) is 0. The molecule has 0 atom stereocenters. The SMILES string of the molecule is NC1(c2cc(Br)co2)CCCCC1. The number of rotatable bonds is 1. The highest BCUT2D eigenvalue weighted by atomic mass is 79.9. The Labute approximate surface area is 86.6 Å². The minimum Gasteiger partial charge on any atom is -0.466 e. The van der Waals surface area contributed by atoms with Crippen LogP contribution in [0.1, 0.15) is 37.9 Å². The second-order valence-electron chi connectivity index (χ2n) is 3.85. The van der Waals surface area contributed by atoms with Crippen LogP contribution >= 0.6 is 15.9 Å². The van der Waals surface area contributed by atoms with E-state index in [0.717, 1.165) is 23.1 Å². The van der Waals surface area contributed by atoms with E-state index in [9.17, 15) is 0 Å². The van der Waals surface area contributed by atoms with Crippen LogP contribution in [0.4, 0.5) is 0 Å². The maximum Gasteiger partial charge on any atom is 0.124 e. The minimum atomic E-state index is -0.204. The molecule has 0 aliphatic heterocycles. The first-order valence-corrected chi connectivity index (χ1v) is 5.53. The van der Waals surface area contributed by atoms with Gasteiger partial charge in [0.2, 0.25) is 0 Å². The summed E-state index contributed by atoms with van der Waals surface area (Å²) in [6.45, 7) is 0. The van der Waals surface area contributed by atoms with Gasteiger partial charge in [0.05, 0.1) is 10.0 Å². The van der Waals surface area contributed by atoms with E-state index in [-0.39, 0.29) is 5.54 Å². The van der Waals surface area contributed by atoms with E-state index < -0.39 is 0 Å². The van der Waals surface area contributed by atoms with Crippen LogP contribution in [-0.4, -0.2) is 0 Å². The van der Waals surface area contributed by atoms with Crippen molar-refractivity contribution < 1.29 is 4.42 Å². The van der Waals surface area contributed by atoms with Crippen molar-refractivity contribution in [3.05, 3.63) is 22.6 Å². The lowest BCUT2D eigenvalue weighted by atomic mass is 9.81. The Kier molecular flexibility index (Phi) is 2.47. The third-order valence-corrected chi connectivity index (χ3v) is 3.22. The van der Waals surface area contributed by atoms with E-state index in [0.29, 0.717) is 0 Å². The third kappa shape index (κ3) is 1.81. The van der Waals surface area contributed by atoms with Gasteiger partial charge in [-0.3, -0.25) is 0 Å². The van der Waals surface area contributed by atoms with Crippen LogP contribution in [-0.2, 0) is 5.54 Å². The van der Waals surface area contributed by atoms with Crippen LogP contribution in [0.5, 0.6) is 0 Å². The molecular formula is C10H14BrNO. The summed E-state index contributed by atoms with van der Waals surface area (Å²) >= 11 is 3.37. The van der Waals surface area contributed by atoms with Crippen molar-refractivity contribution >= 4 is 15.9 Å². The van der Waals surface area contributed by atoms with Crippen LogP contribution in [0, 0.1) is 0 Å². The van der Waals surface area contributed by atoms with Gasteiger partial charge in [0.25, 0.3) is 0 Å². The maximum absolute atomic E-state index is 6.28. The summed E-state index contributed by atoms with van der Waals surface area (Å²) in [5.74, 6) is 0.930. The number of nitrogens with two attached hydrogens (primary N) is 1. The fourth-order valence-corrected chi connectivity index (χ4v) is 2.30. The molecule has 2 nitrogen and oxygen atoms in total. The van der Waals surface area contributed by atoms with Gasteiger partial charge in [0, 0.05) is 0 Å². The second-order valence-corrected chi connectivity index (χ2v) is 4.76. The van der Waals surface area contributed by atoms with Crippen LogP contribution in [0.2, 0.25) is 0 Å². The molecule has 1 aromatic rings. The molecule has 1 saturated carbocycles. The molecule has 1 fully saturated rings. The molecule has 1 aliphatic rings. The fraction of sp³-hybridized carbons (Fsp3) is 0.600. The first-order chi connectivity index (χ1) is 6.21. The van der Waals surface area contributed by atoms with Crippen molar-refractivity contribution in [1.29, 1.82) is 0 Å². The quantitative estimate of drug-likeness (QED) is 0.824. The van der Waals surface area contributed by atoms with Gasteiger partial charge in [-0.25, -0.2) is 0 Å². The molecule has 0 amide bonds.